The smallest absolute Gasteiger partial charge is 0.329 e. The first kappa shape index (κ1) is 49.0. The highest BCUT2D eigenvalue weighted by molar-refractivity contribution is 6.00. The van der Waals surface area contributed by atoms with Crippen molar-refractivity contribution < 1.29 is 28.0 Å². The highest BCUT2D eigenvalue weighted by Gasteiger charge is 2.40. The predicted molar refractivity (Wildman–Crippen MR) is 275 cm³/mol. The SMILES string of the molecule is Cc1ccc(N[C@H]2CNC[C@H]2F)cc1C(=O)N[C@H](C)c1ccc(C#CC2CCN(CC3(F)CCN(C(=O)C4CCN(c5ccc6c(c5)n(C)c(=O)n6C5CCC(=O)NC5=O)CC4)CC3)CC2)c2ccccc12. The molecule has 0 saturated carbocycles. The molecule has 5 aliphatic heterocycles. The molecule has 0 aliphatic carbocycles. The van der Waals surface area contributed by atoms with Gasteiger partial charge >= 0.3 is 5.69 Å². The number of hydrogen-bond donors (Lipinski definition) is 4. The summed E-state index contributed by atoms with van der Waals surface area (Å²) < 4.78 is 33.8. The monoisotopic (exact) mass is 982 g/mol. The Morgan fingerprint density at radius 2 is 1.61 bits per heavy atom. The van der Waals surface area contributed by atoms with Crippen LogP contribution in [0.5, 0.6) is 0 Å². The Labute approximate surface area is 418 Å². The van der Waals surface area contributed by atoms with E-state index in [-0.39, 0.29) is 60.2 Å². The number of piperidine rings is 4. The summed E-state index contributed by atoms with van der Waals surface area (Å²) in [6.07, 6.45) is 3.19. The molecule has 72 heavy (non-hydrogen) atoms. The maximum Gasteiger partial charge on any atom is 0.329 e. The number of nitrogens with zero attached hydrogens (tertiary/aromatic N) is 5. The molecular formula is C56H65F2N9O5. The zero-order valence-corrected chi connectivity index (χ0v) is 41.4. The van der Waals surface area contributed by atoms with Gasteiger partial charge < -0.3 is 30.7 Å². The molecule has 16 heteroatoms. The van der Waals surface area contributed by atoms with E-state index in [1.807, 2.05) is 73.3 Å². The summed E-state index contributed by atoms with van der Waals surface area (Å²) in [6.45, 7) is 8.81. The first-order chi connectivity index (χ1) is 34.7. The van der Waals surface area contributed by atoms with Crippen LogP contribution in [0.2, 0.25) is 0 Å². The van der Waals surface area contributed by atoms with E-state index in [0.29, 0.717) is 93.8 Å². The molecule has 4 N–H and O–H groups in total. The van der Waals surface area contributed by atoms with Crippen LogP contribution in [0.4, 0.5) is 20.2 Å². The van der Waals surface area contributed by atoms with Gasteiger partial charge in [-0.3, -0.25) is 33.6 Å². The molecule has 1 aromatic heterocycles. The van der Waals surface area contributed by atoms with Gasteiger partial charge in [0.1, 0.15) is 17.9 Å². The molecule has 5 aliphatic rings. The average Bonchev–Trinajstić information content (AvgIpc) is 3.90. The Hall–Kier alpha value is -6.57. The number of benzene rings is 4. The highest BCUT2D eigenvalue weighted by Crippen LogP contribution is 2.34. The lowest BCUT2D eigenvalue weighted by atomic mass is 9.88. The van der Waals surface area contributed by atoms with Crippen LogP contribution in [0.3, 0.4) is 0 Å². The third kappa shape index (κ3) is 10.1. The summed E-state index contributed by atoms with van der Waals surface area (Å²) in [4.78, 5) is 71.4. The Balaban J connectivity index is 0.688. The summed E-state index contributed by atoms with van der Waals surface area (Å²) in [5.74, 6) is 6.20. The Kier molecular flexibility index (Phi) is 14.0. The number of carbonyl (C=O) groups is 4. The van der Waals surface area contributed by atoms with Gasteiger partial charge in [0.05, 0.1) is 23.1 Å². The van der Waals surface area contributed by atoms with E-state index in [9.17, 15) is 28.4 Å². The van der Waals surface area contributed by atoms with Crippen molar-refractivity contribution >= 4 is 56.8 Å². The van der Waals surface area contributed by atoms with Crippen LogP contribution in [0.1, 0.15) is 97.4 Å². The van der Waals surface area contributed by atoms with E-state index in [4.69, 9.17) is 0 Å². The number of nitrogens with one attached hydrogen (secondary N) is 4. The number of halogens is 2. The molecule has 378 valence electrons. The zero-order valence-electron chi connectivity index (χ0n) is 41.4. The van der Waals surface area contributed by atoms with Crippen molar-refractivity contribution in [3.8, 4) is 11.8 Å². The van der Waals surface area contributed by atoms with Gasteiger partial charge in [-0.2, -0.15) is 0 Å². The lowest BCUT2D eigenvalue weighted by Crippen LogP contribution is -2.52. The molecule has 0 spiro atoms. The minimum atomic E-state index is -1.35. The second-order valence-electron chi connectivity index (χ2n) is 20.8. The molecule has 5 fully saturated rings. The fourth-order valence-electron chi connectivity index (χ4n) is 11.6. The topological polar surface area (TPSA) is 153 Å². The largest absolute Gasteiger partial charge is 0.378 e. The molecule has 6 heterocycles. The van der Waals surface area contributed by atoms with E-state index in [2.05, 4.69) is 55.0 Å². The minimum absolute atomic E-state index is 0.108. The molecule has 0 bridgehead atoms. The molecule has 4 aromatic carbocycles. The van der Waals surface area contributed by atoms with Gasteiger partial charge in [0, 0.05) is 106 Å². The molecule has 5 aromatic rings. The molecular weight excluding hydrogens is 917 g/mol. The van der Waals surface area contributed by atoms with Gasteiger partial charge in [0.2, 0.25) is 17.7 Å². The second-order valence-corrected chi connectivity index (χ2v) is 20.8. The van der Waals surface area contributed by atoms with Crippen LogP contribution in [0.25, 0.3) is 21.8 Å². The second kappa shape index (κ2) is 20.5. The molecule has 1 unspecified atom stereocenters. The van der Waals surface area contributed by atoms with Crippen molar-refractivity contribution in [2.75, 3.05) is 69.1 Å². The Morgan fingerprint density at radius 3 is 2.33 bits per heavy atom. The normalized spacial score (nSPS) is 22.7. The number of aryl methyl sites for hydroxylation is 2. The van der Waals surface area contributed by atoms with Crippen LogP contribution >= 0.6 is 0 Å². The first-order valence-electron chi connectivity index (χ1n) is 25.8. The molecule has 4 atom stereocenters. The third-order valence-corrected chi connectivity index (χ3v) is 16.0. The number of carbonyl (C=O) groups excluding carboxylic acids is 4. The van der Waals surface area contributed by atoms with Crippen molar-refractivity contribution in [1.29, 1.82) is 0 Å². The van der Waals surface area contributed by atoms with Crippen LogP contribution in [-0.4, -0.2) is 119 Å². The van der Waals surface area contributed by atoms with E-state index in [1.165, 1.54) is 9.13 Å². The van der Waals surface area contributed by atoms with Crippen LogP contribution in [-0.2, 0) is 21.4 Å². The number of likely N-dealkylation sites (tertiary alicyclic amines) is 2. The maximum atomic E-state index is 16.4. The van der Waals surface area contributed by atoms with E-state index in [0.717, 1.165) is 59.1 Å². The van der Waals surface area contributed by atoms with Gasteiger partial charge in [-0.25, -0.2) is 13.6 Å². The van der Waals surface area contributed by atoms with Crippen LogP contribution in [0.15, 0.2) is 77.6 Å². The number of aromatic nitrogens is 2. The number of hydrogen-bond acceptors (Lipinski definition) is 9. The Bertz CT molecular complexity index is 3030. The summed E-state index contributed by atoms with van der Waals surface area (Å²) in [6, 6.07) is 22.2. The van der Waals surface area contributed by atoms with Crippen LogP contribution in [0, 0.1) is 30.6 Å². The summed E-state index contributed by atoms with van der Waals surface area (Å²) in [5, 5.41) is 13.9. The number of amides is 4. The fourth-order valence-corrected chi connectivity index (χ4v) is 11.6. The van der Waals surface area contributed by atoms with Crippen molar-refractivity contribution in [3.05, 3.63) is 106 Å². The summed E-state index contributed by atoms with van der Waals surface area (Å²) in [5.41, 5.74) is 4.64. The van der Waals surface area contributed by atoms with Crippen LogP contribution < -0.4 is 31.9 Å². The van der Waals surface area contributed by atoms with E-state index >= 15 is 4.39 Å². The highest BCUT2D eigenvalue weighted by atomic mass is 19.1. The predicted octanol–water partition coefficient (Wildman–Crippen LogP) is 6.30. The van der Waals surface area contributed by atoms with Gasteiger partial charge in [-0.15, -0.1) is 0 Å². The van der Waals surface area contributed by atoms with E-state index < -0.39 is 23.8 Å². The van der Waals surface area contributed by atoms with Gasteiger partial charge in [-0.1, -0.05) is 48.2 Å². The Morgan fingerprint density at radius 1 is 0.861 bits per heavy atom. The van der Waals surface area contributed by atoms with Gasteiger partial charge in [0.15, 0.2) is 0 Å². The van der Waals surface area contributed by atoms with Crippen molar-refractivity contribution in [3.63, 3.8) is 0 Å². The first-order valence-corrected chi connectivity index (χ1v) is 25.8. The number of imidazole rings is 1. The fraction of sp³-hybridized carbons (Fsp3) is 0.482. The van der Waals surface area contributed by atoms with Crippen molar-refractivity contribution in [1.82, 2.24) is 34.9 Å². The molecule has 10 rings (SSSR count). The number of alkyl halides is 2. The number of fused-ring (bicyclic) bond motifs is 2. The van der Waals surface area contributed by atoms with Gasteiger partial charge in [0.25, 0.3) is 5.91 Å². The standard InChI is InChI=1S/C56H65F2N9O5/c1-35-8-12-40(61-47-33-59-32-46(47)57)30-45(35)52(69)60-36(2)42-14-11-38(43-6-4-5-7-44(42)43)10-9-37-18-24-64(25-19-37)34-56(58)22-28-66(29-23-56)54(71)39-20-26-65(27-21-39)41-13-15-48-50(31-41)63(3)55(72)67(48)49-16-17-51(68)62-53(49)70/h4-8,11-15,30-31,36-37,39,46-47,49,59,61H,16-29,32-34H2,1-3H3,(H,60,69)(H,62,68,70)/t36-,46-,47+,49?/m1/s1. The molecule has 14 nitrogen and oxygen atoms in total. The molecule has 4 amide bonds. The summed E-state index contributed by atoms with van der Waals surface area (Å²) in [7, 11) is 1.69. The van der Waals surface area contributed by atoms with Gasteiger partial charge in [-0.05, 0) is 117 Å². The lowest BCUT2D eigenvalue weighted by molar-refractivity contribution is -0.139. The lowest BCUT2D eigenvalue weighted by Gasteiger charge is -2.42. The van der Waals surface area contributed by atoms with E-state index in [1.54, 1.807) is 13.1 Å². The number of rotatable bonds is 10. The summed E-state index contributed by atoms with van der Waals surface area (Å²) >= 11 is 0. The number of anilines is 2. The minimum Gasteiger partial charge on any atom is -0.378 e. The molecule has 5 saturated heterocycles. The average molecular weight is 982 g/mol. The van der Waals surface area contributed by atoms with Crippen molar-refractivity contribution in [2.24, 2.45) is 18.9 Å². The zero-order chi connectivity index (χ0) is 50.3. The number of imide groups is 1. The maximum absolute atomic E-state index is 16.4. The van der Waals surface area contributed by atoms with Crippen molar-refractivity contribution in [2.45, 2.75) is 95.2 Å². The third-order valence-electron chi connectivity index (χ3n) is 16.0. The quantitative estimate of drug-likeness (QED) is 0.0934. The molecule has 0 radical (unpaired) electrons.